The lowest BCUT2D eigenvalue weighted by Gasteiger charge is -2.20. The van der Waals surface area contributed by atoms with Gasteiger partial charge in [-0.3, -0.25) is 4.79 Å². The monoisotopic (exact) mass is 394 g/mol. The fourth-order valence-corrected chi connectivity index (χ4v) is 3.76. The van der Waals surface area contributed by atoms with E-state index in [-0.39, 0.29) is 16.8 Å². The van der Waals surface area contributed by atoms with Crippen LogP contribution in [0, 0.1) is 0 Å². The molecule has 0 bridgehead atoms. The first-order chi connectivity index (χ1) is 13.4. The van der Waals surface area contributed by atoms with Gasteiger partial charge in [0, 0.05) is 19.7 Å². The second kappa shape index (κ2) is 8.37. The molecule has 0 atom stereocenters. The molecular formula is C22H22N2O3S. The summed E-state index contributed by atoms with van der Waals surface area (Å²) in [6.45, 7) is 0. The summed E-state index contributed by atoms with van der Waals surface area (Å²) in [5, 5.41) is 3.05. The van der Waals surface area contributed by atoms with E-state index in [1.807, 2.05) is 60.7 Å². The van der Waals surface area contributed by atoms with Gasteiger partial charge in [0.15, 0.2) is 0 Å². The zero-order chi connectivity index (χ0) is 20.1. The number of rotatable bonds is 6. The van der Waals surface area contributed by atoms with Crippen LogP contribution in [0.4, 0.5) is 0 Å². The molecule has 0 fully saturated rings. The van der Waals surface area contributed by atoms with Crippen LogP contribution < -0.4 is 5.32 Å². The standard InChI is InChI=1S/C22H22N2O3S/c1-24(2)28(26,27)20-15-13-19(14-16-20)22(25)23-21(17-9-5-3-6-10-17)18-11-7-4-8-12-18/h3-16,21H,1-2H3,(H,23,25). The van der Waals surface area contributed by atoms with E-state index in [1.54, 1.807) is 0 Å². The predicted octanol–water partition coefficient (Wildman–Crippen LogP) is 3.46. The molecule has 0 aromatic heterocycles. The Kier molecular flexibility index (Phi) is 5.92. The van der Waals surface area contributed by atoms with Gasteiger partial charge in [-0.2, -0.15) is 0 Å². The van der Waals surface area contributed by atoms with Crippen LogP contribution in [-0.2, 0) is 10.0 Å². The average molecular weight is 394 g/mol. The van der Waals surface area contributed by atoms with Crippen LogP contribution >= 0.6 is 0 Å². The van der Waals surface area contributed by atoms with Crippen molar-refractivity contribution >= 4 is 15.9 Å². The van der Waals surface area contributed by atoms with Crippen molar-refractivity contribution in [2.75, 3.05) is 14.1 Å². The normalized spacial score (nSPS) is 11.6. The maximum Gasteiger partial charge on any atom is 0.252 e. The lowest BCUT2D eigenvalue weighted by Crippen LogP contribution is -2.29. The second-order valence-electron chi connectivity index (χ2n) is 6.54. The largest absolute Gasteiger partial charge is 0.341 e. The molecule has 1 N–H and O–H groups in total. The minimum absolute atomic E-state index is 0.150. The lowest BCUT2D eigenvalue weighted by molar-refractivity contribution is 0.0943. The zero-order valence-electron chi connectivity index (χ0n) is 15.7. The first-order valence-electron chi connectivity index (χ1n) is 8.83. The van der Waals surface area contributed by atoms with E-state index in [4.69, 9.17) is 0 Å². The van der Waals surface area contributed by atoms with Crippen LogP contribution in [0.3, 0.4) is 0 Å². The quantitative estimate of drug-likeness (QED) is 0.696. The molecule has 0 radical (unpaired) electrons. The van der Waals surface area contributed by atoms with Gasteiger partial charge in [-0.25, -0.2) is 12.7 Å². The van der Waals surface area contributed by atoms with Crippen molar-refractivity contribution in [1.29, 1.82) is 0 Å². The van der Waals surface area contributed by atoms with Gasteiger partial charge in [0.1, 0.15) is 0 Å². The van der Waals surface area contributed by atoms with Gasteiger partial charge in [0.05, 0.1) is 10.9 Å². The van der Waals surface area contributed by atoms with E-state index in [0.717, 1.165) is 15.4 Å². The van der Waals surface area contributed by atoms with Gasteiger partial charge in [0.25, 0.3) is 5.91 Å². The second-order valence-corrected chi connectivity index (χ2v) is 8.69. The molecule has 28 heavy (non-hydrogen) atoms. The third kappa shape index (κ3) is 4.30. The highest BCUT2D eigenvalue weighted by molar-refractivity contribution is 7.89. The average Bonchev–Trinajstić information content (AvgIpc) is 2.73. The van der Waals surface area contributed by atoms with Crippen LogP contribution in [0.15, 0.2) is 89.8 Å². The Morgan fingerprint density at radius 3 is 1.68 bits per heavy atom. The highest BCUT2D eigenvalue weighted by atomic mass is 32.2. The Hall–Kier alpha value is -2.96. The third-order valence-corrected chi connectivity index (χ3v) is 6.27. The maximum atomic E-state index is 12.8. The Bertz CT molecular complexity index is 993. The number of nitrogens with one attached hydrogen (secondary N) is 1. The highest BCUT2D eigenvalue weighted by Gasteiger charge is 2.20. The van der Waals surface area contributed by atoms with Crippen LogP contribution in [0.5, 0.6) is 0 Å². The summed E-state index contributed by atoms with van der Waals surface area (Å²) in [6.07, 6.45) is 0. The fourth-order valence-electron chi connectivity index (χ4n) is 2.85. The Balaban J connectivity index is 1.87. The molecule has 0 saturated heterocycles. The molecule has 0 saturated carbocycles. The molecule has 1 amide bonds. The molecular weight excluding hydrogens is 372 g/mol. The van der Waals surface area contributed by atoms with Crippen LogP contribution in [0.1, 0.15) is 27.5 Å². The van der Waals surface area contributed by atoms with Gasteiger partial charge in [-0.1, -0.05) is 60.7 Å². The van der Waals surface area contributed by atoms with Crippen LogP contribution in [0.25, 0.3) is 0 Å². The van der Waals surface area contributed by atoms with Crippen molar-refractivity contribution in [2.24, 2.45) is 0 Å². The molecule has 0 aliphatic rings. The smallest absolute Gasteiger partial charge is 0.252 e. The topological polar surface area (TPSA) is 66.5 Å². The van der Waals surface area contributed by atoms with Crippen LogP contribution in [0.2, 0.25) is 0 Å². The number of nitrogens with zero attached hydrogens (tertiary/aromatic N) is 1. The number of sulfonamides is 1. The molecule has 3 aromatic rings. The van der Waals surface area contributed by atoms with E-state index < -0.39 is 10.0 Å². The fraction of sp³-hybridized carbons (Fsp3) is 0.136. The van der Waals surface area contributed by atoms with Crippen molar-refractivity contribution in [3.8, 4) is 0 Å². The van der Waals surface area contributed by atoms with Gasteiger partial charge in [-0.15, -0.1) is 0 Å². The molecule has 0 spiro atoms. The molecule has 0 aliphatic heterocycles. The highest BCUT2D eigenvalue weighted by Crippen LogP contribution is 2.22. The van der Waals surface area contributed by atoms with Crippen molar-refractivity contribution in [2.45, 2.75) is 10.9 Å². The van der Waals surface area contributed by atoms with Crippen LogP contribution in [-0.4, -0.2) is 32.7 Å². The first kappa shape index (κ1) is 19.8. The maximum absolute atomic E-state index is 12.8. The minimum atomic E-state index is -3.53. The van der Waals surface area contributed by atoms with Crippen molar-refractivity contribution in [3.63, 3.8) is 0 Å². The molecule has 6 heteroatoms. The number of amides is 1. The van der Waals surface area contributed by atoms with Crippen molar-refractivity contribution < 1.29 is 13.2 Å². The summed E-state index contributed by atoms with van der Waals surface area (Å²) in [5.74, 6) is -0.272. The SMILES string of the molecule is CN(C)S(=O)(=O)c1ccc(C(=O)NC(c2ccccc2)c2ccccc2)cc1. The summed E-state index contributed by atoms with van der Waals surface area (Å²) in [7, 11) is -0.582. The first-order valence-corrected chi connectivity index (χ1v) is 10.3. The third-order valence-electron chi connectivity index (χ3n) is 4.44. The Morgan fingerprint density at radius 2 is 1.25 bits per heavy atom. The minimum Gasteiger partial charge on any atom is -0.341 e. The van der Waals surface area contributed by atoms with E-state index in [1.165, 1.54) is 38.4 Å². The Labute approximate surface area is 165 Å². The summed E-state index contributed by atoms with van der Waals surface area (Å²) in [4.78, 5) is 13.0. The molecule has 0 unspecified atom stereocenters. The van der Waals surface area contributed by atoms with Gasteiger partial charge >= 0.3 is 0 Å². The Morgan fingerprint density at radius 1 is 0.786 bits per heavy atom. The van der Waals surface area contributed by atoms with Crippen molar-refractivity contribution in [1.82, 2.24) is 9.62 Å². The predicted molar refractivity (Wildman–Crippen MR) is 110 cm³/mol. The molecule has 3 aromatic carbocycles. The van der Waals surface area contributed by atoms with E-state index in [2.05, 4.69) is 5.32 Å². The summed E-state index contributed by atoms with van der Waals surface area (Å²) in [5.41, 5.74) is 2.33. The molecule has 3 rings (SSSR count). The summed E-state index contributed by atoms with van der Waals surface area (Å²) < 4.78 is 25.5. The van der Waals surface area contributed by atoms with Gasteiger partial charge in [0.2, 0.25) is 10.0 Å². The lowest BCUT2D eigenvalue weighted by atomic mass is 9.98. The van der Waals surface area contributed by atoms with Crippen molar-refractivity contribution in [3.05, 3.63) is 102 Å². The molecule has 0 aliphatic carbocycles. The number of carbonyl (C=O) groups excluding carboxylic acids is 1. The van der Waals surface area contributed by atoms with E-state index in [9.17, 15) is 13.2 Å². The summed E-state index contributed by atoms with van der Waals surface area (Å²) >= 11 is 0. The number of benzene rings is 3. The van der Waals surface area contributed by atoms with Gasteiger partial charge in [-0.05, 0) is 35.4 Å². The number of hydrogen-bond donors (Lipinski definition) is 1. The number of carbonyl (C=O) groups is 1. The van der Waals surface area contributed by atoms with E-state index in [0.29, 0.717) is 5.56 Å². The summed E-state index contributed by atoms with van der Waals surface area (Å²) in [6, 6.07) is 25.1. The van der Waals surface area contributed by atoms with E-state index >= 15 is 0 Å². The number of hydrogen-bond acceptors (Lipinski definition) is 3. The molecule has 0 heterocycles. The molecule has 5 nitrogen and oxygen atoms in total. The van der Waals surface area contributed by atoms with Gasteiger partial charge < -0.3 is 5.32 Å². The zero-order valence-corrected chi connectivity index (χ0v) is 16.6. The molecule has 144 valence electrons.